The minimum absolute atomic E-state index is 0.224. The maximum absolute atomic E-state index is 12.2. The first-order chi connectivity index (χ1) is 13.0. The maximum Gasteiger partial charge on any atom is 0.256 e. The lowest BCUT2D eigenvalue weighted by atomic mass is 10.1. The first-order valence-corrected chi connectivity index (χ1v) is 8.66. The summed E-state index contributed by atoms with van der Waals surface area (Å²) in [6.07, 6.45) is 5.22. The number of anilines is 1. The molecule has 0 saturated heterocycles. The Balaban J connectivity index is 2.02. The molecule has 4 heterocycles. The number of carbonyl (C=O) groups is 1. The van der Waals surface area contributed by atoms with Gasteiger partial charge in [-0.15, -0.1) is 5.10 Å². The minimum Gasteiger partial charge on any atom is -0.373 e. The van der Waals surface area contributed by atoms with E-state index in [1.54, 1.807) is 17.8 Å². The van der Waals surface area contributed by atoms with Crippen LogP contribution in [0.4, 0.5) is 5.82 Å². The van der Waals surface area contributed by atoms with E-state index in [1.165, 1.54) is 6.20 Å². The standard InChI is InChI=1S/C18H20N8O/c1-10(2)25-9-13(11-5-6-21-24-17(11)25)14-7-15(19-3)26-16(23-14)12(8-22-26)18(27)20-4/h5-10,19H,1-4H3,(H,20,27). The van der Waals surface area contributed by atoms with Crippen molar-refractivity contribution in [1.82, 2.24) is 34.7 Å². The molecule has 1 amide bonds. The van der Waals surface area contributed by atoms with E-state index in [4.69, 9.17) is 4.98 Å². The van der Waals surface area contributed by atoms with E-state index in [9.17, 15) is 4.79 Å². The third kappa shape index (κ3) is 2.59. The molecule has 2 N–H and O–H groups in total. The van der Waals surface area contributed by atoms with Gasteiger partial charge in [0.25, 0.3) is 5.91 Å². The average molecular weight is 364 g/mol. The molecule has 0 aliphatic carbocycles. The first kappa shape index (κ1) is 17.0. The molecule has 9 heteroatoms. The Bertz CT molecular complexity index is 1160. The molecule has 0 spiro atoms. The normalized spacial score (nSPS) is 11.4. The van der Waals surface area contributed by atoms with Crippen molar-refractivity contribution < 1.29 is 4.79 Å². The number of amides is 1. The quantitative estimate of drug-likeness (QED) is 0.575. The van der Waals surface area contributed by atoms with Crippen molar-refractivity contribution in [3.05, 3.63) is 36.3 Å². The van der Waals surface area contributed by atoms with Crippen LogP contribution in [0.25, 0.3) is 27.9 Å². The summed E-state index contributed by atoms with van der Waals surface area (Å²) in [4.78, 5) is 16.9. The molecule has 4 rings (SSSR count). The summed E-state index contributed by atoms with van der Waals surface area (Å²) in [5.74, 6) is 0.504. The molecule has 0 aliphatic heterocycles. The lowest BCUT2D eigenvalue weighted by Crippen LogP contribution is -2.18. The van der Waals surface area contributed by atoms with Crippen LogP contribution in [-0.2, 0) is 0 Å². The van der Waals surface area contributed by atoms with E-state index in [-0.39, 0.29) is 11.9 Å². The van der Waals surface area contributed by atoms with E-state index >= 15 is 0 Å². The first-order valence-electron chi connectivity index (χ1n) is 8.66. The van der Waals surface area contributed by atoms with Crippen LogP contribution in [0.2, 0.25) is 0 Å². The highest BCUT2D eigenvalue weighted by atomic mass is 16.1. The van der Waals surface area contributed by atoms with Gasteiger partial charge in [0.2, 0.25) is 0 Å². The highest BCUT2D eigenvalue weighted by molar-refractivity contribution is 6.00. The number of nitrogens with zero attached hydrogens (tertiary/aromatic N) is 6. The highest BCUT2D eigenvalue weighted by Crippen LogP contribution is 2.32. The molecule has 0 atom stereocenters. The van der Waals surface area contributed by atoms with Crippen LogP contribution in [0.15, 0.2) is 30.7 Å². The summed E-state index contributed by atoms with van der Waals surface area (Å²) in [6.45, 7) is 4.18. The summed E-state index contributed by atoms with van der Waals surface area (Å²) >= 11 is 0. The molecule has 0 aromatic carbocycles. The SMILES string of the molecule is CNC(=O)c1cnn2c(NC)cc(-c3cn(C(C)C)c4nnccc34)nc12. The van der Waals surface area contributed by atoms with Crippen molar-refractivity contribution in [1.29, 1.82) is 0 Å². The van der Waals surface area contributed by atoms with E-state index in [0.717, 1.165) is 28.1 Å². The van der Waals surface area contributed by atoms with Crippen LogP contribution in [0.5, 0.6) is 0 Å². The van der Waals surface area contributed by atoms with Gasteiger partial charge in [0.15, 0.2) is 11.3 Å². The van der Waals surface area contributed by atoms with Gasteiger partial charge in [0.1, 0.15) is 11.4 Å². The Labute approximate surface area is 155 Å². The number of nitrogens with one attached hydrogen (secondary N) is 2. The molecule has 4 aromatic heterocycles. The molecule has 0 aliphatic rings. The fourth-order valence-electron chi connectivity index (χ4n) is 3.17. The van der Waals surface area contributed by atoms with Crippen molar-refractivity contribution in [3.8, 4) is 11.3 Å². The van der Waals surface area contributed by atoms with Crippen LogP contribution < -0.4 is 10.6 Å². The fraction of sp³-hybridized carbons (Fsp3) is 0.278. The summed E-state index contributed by atoms with van der Waals surface area (Å²) in [5, 5.41) is 19.3. The van der Waals surface area contributed by atoms with Gasteiger partial charge in [-0.25, -0.2) is 4.98 Å². The second-order valence-corrected chi connectivity index (χ2v) is 6.46. The average Bonchev–Trinajstić information content (AvgIpc) is 3.28. The van der Waals surface area contributed by atoms with E-state index in [1.807, 2.05) is 25.4 Å². The van der Waals surface area contributed by atoms with Gasteiger partial charge in [-0.3, -0.25) is 4.79 Å². The van der Waals surface area contributed by atoms with Gasteiger partial charge in [-0.1, -0.05) is 0 Å². The minimum atomic E-state index is -0.229. The molecular weight excluding hydrogens is 344 g/mol. The van der Waals surface area contributed by atoms with Gasteiger partial charge >= 0.3 is 0 Å². The number of aromatic nitrogens is 6. The number of fused-ring (bicyclic) bond motifs is 2. The van der Waals surface area contributed by atoms with Gasteiger partial charge in [-0.2, -0.15) is 14.7 Å². The molecule has 0 fully saturated rings. The number of rotatable bonds is 4. The van der Waals surface area contributed by atoms with Crippen molar-refractivity contribution in [2.24, 2.45) is 0 Å². The fourth-order valence-corrected chi connectivity index (χ4v) is 3.17. The number of hydrogen-bond donors (Lipinski definition) is 2. The van der Waals surface area contributed by atoms with Crippen LogP contribution in [0.3, 0.4) is 0 Å². The summed E-state index contributed by atoms with van der Waals surface area (Å²) < 4.78 is 3.69. The summed E-state index contributed by atoms with van der Waals surface area (Å²) in [6, 6.07) is 4.06. The predicted molar refractivity (Wildman–Crippen MR) is 103 cm³/mol. The van der Waals surface area contributed by atoms with Gasteiger partial charge in [0, 0.05) is 43.4 Å². The van der Waals surface area contributed by atoms with Gasteiger partial charge in [0.05, 0.1) is 18.1 Å². The van der Waals surface area contributed by atoms with E-state index < -0.39 is 0 Å². The molecule has 9 nitrogen and oxygen atoms in total. The Hall–Kier alpha value is -3.49. The second kappa shape index (κ2) is 6.35. The Kier molecular flexibility index (Phi) is 3.98. The third-order valence-corrected chi connectivity index (χ3v) is 4.54. The van der Waals surface area contributed by atoms with E-state index in [0.29, 0.717) is 11.2 Å². The molecule has 138 valence electrons. The number of carbonyl (C=O) groups excluding carboxylic acids is 1. The Morgan fingerprint density at radius 1 is 1.22 bits per heavy atom. The Morgan fingerprint density at radius 2 is 2.04 bits per heavy atom. The zero-order chi connectivity index (χ0) is 19.1. The Morgan fingerprint density at radius 3 is 2.74 bits per heavy atom. The smallest absolute Gasteiger partial charge is 0.256 e. The van der Waals surface area contributed by atoms with Crippen molar-refractivity contribution in [2.45, 2.75) is 19.9 Å². The van der Waals surface area contributed by atoms with Gasteiger partial charge in [-0.05, 0) is 19.9 Å². The monoisotopic (exact) mass is 364 g/mol. The summed E-state index contributed by atoms with van der Waals surface area (Å²) in [5.41, 5.74) is 3.37. The lowest BCUT2D eigenvalue weighted by molar-refractivity contribution is 0.0964. The van der Waals surface area contributed by atoms with E-state index in [2.05, 4.69) is 44.3 Å². The highest BCUT2D eigenvalue weighted by Gasteiger charge is 2.19. The number of hydrogen-bond acceptors (Lipinski definition) is 6. The van der Waals surface area contributed by atoms with Crippen molar-refractivity contribution >= 4 is 28.4 Å². The van der Waals surface area contributed by atoms with Crippen molar-refractivity contribution in [3.63, 3.8) is 0 Å². The largest absolute Gasteiger partial charge is 0.373 e. The maximum atomic E-state index is 12.2. The van der Waals surface area contributed by atoms with Crippen LogP contribution in [0.1, 0.15) is 30.2 Å². The van der Waals surface area contributed by atoms with Gasteiger partial charge < -0.3 is 15.2 Å². The zero-order valence-electron chi connectivity index (χ0n) is 15.6. The molecule has 0 unspecified atom stereocenters. The van der Waals surface area contributed by atoms with Crippen molar-refractivity contribution in [2.75, 3.05) is 19.4 Å². The second-order valence-electron chi connectivity index (χ2n) is 6.46. The summed E-state index contributed by atoms with van der Waals surface area (Å²) in [7, 11) is 3.40. The molecule has 27 heavy (non-hydrogen) atoms. The molecule has 0 radical (unpaired) electrons. The zero-order valence-corrected chi connectivity index (χ0v) is 15.6. The third-order valence-electron chi connectivity index (χ3n) is 4.54. The topological polar surface area (TPSA) is 102 Å². The van der Waals surface area contributed by atoms with Crippen LogP contribution in [-0.4, -0.2) is 49.4 Å². The van der Waals surface area contributed by atoms with Crippen LogP contribution >= 0.6 is 0 Å². The lowest BCUT2D eigenvalue weighted by Gasteiger charge is -2.08. The molecular formula is C18H20N8O. The molecule has 4 aromatic rings. The molecule has 0 saturated carbocycles. The predicted octanol–water partition coefficient (Wildman–Crippen LogP) is 2.12. The molecule has 0 bridgehead atoms. The van der Waals surface area contributed by atoms with Crippen LogP contribution in [0, 0.1) is 0 Å².